The molecule has 2 aromatic rings. The summed E-state index contributed by atoms with van der Waals surface area (Å²) >= 11 is 0. The predicted molar refractivity (Wildman–Crippen MR) is 105 cm³/mol. The van der Waals surface area contributed by atoms with Crippen LogP contribution in [0.2, 0.25) is 0 Å². The lowest BCUT2D eigenvalue weighted by molar-refractivity contribution is -0.123. The largest absolute Gasteiger partial charge is 0.493 e. The fraction of sp³-hybridized carbons (Fsp3) is 0.318. The highest BCUT2D eigenvalue weighted by atomic mass is 19.1. The first-order chi connectivity index (χ1) is 12.9. The maximum absolute atomic E-state index is 14.0. The Kier molecular flexibility index (Phi) is 6.99. The fourth-order valence-electron chi connectivity index (χ4n) is 2.74. The minimum absolute atomic E-state index is 0.148. The molecular weight excluding hydrogens is 345 g/mol. The summed E-state index contributed by atoms with van der Waals surface area (Å²) in [7, 11) is 1.55. The number of methoxy groups -OCH3 is 1. The number of rotatable bonds is 9. The van der Waals surface area contributed by atoms with Crippen LogP contribution in [0.5, 0.6) is 11.5 Å². The van der Waals surface area contributed by atoms with E-state index < -0.39 is 5.41 Å². The summed E-state index contributed by atoms with van der Waals surface area (Å²) in [6.45, 7) is 7.63. The van der Waals surface area contributed by atoms with Gasteiger partial charge in [0.2, 0.25) is 0 Å². The van der Waals surface area contributed by atoms with Crippen LogP contribution < -0.4 is 14.8 Å². The van der Waals surface area contributed by atoms with E-state index in [4.69, 9.17) is 9.47 Å². The van der Waals surface area contributed by atoms with E-state index in [9.17, 15) is 9.18 Å². The molecule has 0 fully saturated rings. The zero-order valence-electron chi connectivity index (χ0n) is 16.0. The van der Waals surface area contributed by atoms with Crippen molar-refractivity contribution in [3.05, 3.63) is 72.1 Å². The van der Waals surface area contributed by atoms with Gasteiger partial charge in [0.1, 0.15) is 5.82 Å². The Morgan fingerprint density at radius 1 is 1.22 bits per heavy atom. The smallest absolute Gasteiger partial charge is 0.257 e. The van der Waals surface area contributed by atoms with Gasteiger partial charge in [-0.3, -0.25) is 4.79 Å². The first-order valence-electron chi connectivity index (χ1n) is 8.79. The lowest BCUT2D eigenvalue weighted by atomic mass is 9.84. The first-order valence-corrected chi connectivity index (χ1v) is 8.79. The normalized spacial score (nSPS) is 11.0. The van der Waals surface area contributed by atoms with Gasteiger partial charge in [-0.15, -0.1) is 6.58 Å². The number of carbonyl (C=O) groups excluding carboxylic acids is 1. The van der Waals surface area contributed by atoms with E-state index in [1.807, 2.05) is 26.0 Å². The summed E-state index contributed by atoms with van der Waals surface area (Å²) in [5.74, 6) is 0.497. The van der Waals surface area contributed by atoms with Gasteiger partial charge >= 0.3 is 0 Å². The summed E-state index contributed by atoms with van der Waals surface area (Å²) < 4.78 is 24.9. The van der Waals surface area contributed by atoms with E-state index in [-0.39, 0.29) is 18.3 Å². The van der Waals surface area contributed by atoms with Crippen molar-refractivity contribution in [1.29, 1.82) is 0 Å². The number of allylic oxidation sites excluding steroid dienone is 1. The summed E-state index contributed by atoms with van der Waals surface area (Å²) in [6.07, 6.45) is 2.53. The topological polar surface area (TPSA) is 47.6 Å². The van der Waals surface area contributed by atoms with Gasteiger partial charge in [-0.05, 0) is 35.7 Å². The molecular formula is C22H26FNO3. The maximum atomic E-state index is 14.0. The SMILES string of the molecule is C=CCc1ccc(OCC(=O)NCC(C)(C)c2ccccc2F)c(OC)c1. The van der Waals surface area contributed by atoms with Gasteiger partial charge in [0.15, 0.2) is 18.1 Å². The van der Waals surface area contributed by atoms with Crippen molar-refractivity contribution in [1.82, 2.24) is 5.32 Å². The Morgan fingerprint density at radius 3 is 2.63 bits per heavy atom. The molecule has 0 saturated heterocycles. The molecule has 0 radical (unpaired) electrons. The highest BCUT2D eigenvalue weighted by Gasteiger charge is 2.24. The molecule has 144 valence electrons. The fourth-order valence-corrected chi connectivity index (χ4v) is 2.74. The van der Waals surface area contributed by atoms with Crippen molar-refractivity contribution >= 4 is 5.91 Å². The molecule has 2 rings (SSSR count). The van der Waals surface area contributed by atoms with Crippen molar-refractivity contribution < 1.29 is 18.7 Å². The summed E-state index contributed by atoms with van der Waals surface area (Å²) in [4.78, 5) is 12.2. The molecule has 0 heterocycles. The molecule has 4 nitrogen and oxygen atoms in total. The van der Waals surface area contributed by atoms with Gasteiger partial charge in [0.05, 0.1) is 7.11 Å². The second-order valence-corrected chi connectivity index (χ2v) is 6.91. The van der Waals surface area contributed by atoms with Gasteiger partial charge in [-0.1, -0.05) is 44.2 Å². The average Bonchev–Trinajstić information content (AvgIpc) is 2.65. The van der Waals surface area contributed by atoms with Crippen molar-refractivity contribution in [2.45, 2.75) is 25.7 Å². The Balaban J connectivity index is 1.93. The van der Waals surface area contributed by atoms with Gasteiger partial charge in [0.25, 0.3) is 5.91 Å². The Hall–Kier alpha value is -2.82. The van der Waals surface area contributed by atoms with Crippen LogP contribution in [-0.2, 0) is 16.6 Å². The van der Waals surface area contributed by atoms with Gasteiger partial charge in [-0.25, -0.2) is 4.39 Å². The van der Waals surface area contributed by atoms with Crippen LogP contribution in [0.1, 0.15) is 25.0 Å². The van der Waals surface area contributed by atoms with Crippen LogP contribution in [0.25, 0.3) is 0 Å². The zero-order valence-corrected chi connectivity index (χ0v) is 16.0. The third-order valence-electron chi connectivity index (χ3n) is 4.30. The van der Waals surface area contributed by atoms with Crippen LogP contribution >= 0.6 is 0 Å². The number of hydrogen-bond donors (Lipinski definition) is 1. The molecule has 2 aromatic carbocycles. The molecule has 0 aromatic heterocycles. The molecule has 5 heteroatoms. The molecule has 0 saturated carbocycles. The van der Waals surface area contributed by atoms with Crippen molar-refractivity contribution in [2.75, 3.05) is 20.3 Å². The Morgan fingerprint density at radius 2 is 1.96 bits per heavy atom. The zero-order chi connectivity index (χ0) is 19.9. The monoisotopic (exact) mass is 371 g/mol. The molecule has 27 heavy (non-hydrogen) atoms. The van der Waals surface area contributed by atoms with E-state index in [1.165, 1.54) is 6.07 Å². The minimum atomic E-state index is -0.537. The number of ether oxygens (including phenoxy) is 2. The maximum Gasteiger partial charge on any atom is 0.257 e. The molecule has 1 amide bonds. The first kappa shape index (κ1) is 20.5. The number of benzene rings is 2. The van der Waals surface area contributed by atoms with Crippen molar-refractivity contribution in [3.8, 4) is 11.5 Å². The van der Waals surface area contributed by atoms with Gasteiger partial charge in [0, 0.05) is 12.0 Å². The van der Waals surface area contributed by atoms with E-state index in [0.29, 0.717) is 23.6 Å². The van der Waals surface area contributed by atoms with Crippen LogP contribution in [0.3, 0.4) is 0 Å². The quantitative estimate of drug-likeness (QED) is 0.677. The third-order valence-corrected chi connectivity index (χ3v) is 4.30. The van der Waals surface area contributed by atoms with Crippen LogP contribution in [0.15, 0.2) is 55.1 Å². The Labute approximate surface area is 160 Å². The molecule has 0 aliphatic rings. The molecule has 0 aliphatic carbocycles. The van der Waals surface area contributed by atoms with E-state index in [1.54, 1.807) is 37.5 Å². The van der Waals surface area contributed by atoms with Crippen molar-refractivity contribution in [3.63, 3.8) is 0 Å². The highest BCUT2D eigenvalue weighted by Crippen LogP contribution is 2.28. The molecule has 0 unspecified atom stereocenters. The van der Waals surface area contributed by atoms with Crippen molar-refractivity contribution in [2.24, 2.45) is 0 Å². The summed E-state index contributed by atoms with van der Waals surface area (Å²) in [5, 5.41) is 2.80. The van der Waals surface area contributed by atoms with E-state index >= 15 is 0 Å². The molecule has 1 N–H and O–H groups in total. The second-order valence-electron chi connectivity index (χ2n) is 6.91. The average molecular weight is 371 g/mol. The minimum Gasteiger partial charge on any atom is -0.493 e. The van der Waals surface area contributed by atoms with Gasteiger partial charge < -0.3 is 14.8 Å². The standard InChI is InChI=1S/C22H26FNO3/c1-5-8-16-11-12-19(20(13-16)26-4)27-14-21(25)24-15-22(2,3)17-9-6-7-10-18(17)23/h5-7,9-13H,1,8,14-15H2,2-4H3,(H,24,25). The summed E-state index contributed by atoms with van der Waals surface area (Å²) in [5.41, 5.74) is 1.07. The molecule has 0 spiro atoms. The molecule has 0 aliphatic heterocycles. The second kappa shape index (κ2) is 9.21. The summed E-state index contributed by atoms with van der Waals surface area (Å²) in [6, 6.07) is 12.1. The lowest BCUT2D eigenvalue weighted by Crippen LogP contribution is -2.39. The van der Waals surface area contributed by atoms with E-state index in [2.05, 4.69) is 11.9 Å². The van der Waals surface area contributed by atoms with E-state index in [0.717, 1.165) is 12.0 Å². The number of amides is 1. The number of nitrogens with one attached hydrogen (secondary N) is 1. The molecule has 0 bridgehead atoms. The Bertz CT molecular complexity index is 802. The third kappa shape index (κ3) is 5.58. The van der Waals surface area contributed by atoms with Crippen LogP contribution in [-0.4, -0.2) is 26.2 Å². The highest BCUT2D eigenvalue weighted by molar-refractivity contribution is 5.77. The van der Waals surface area contributed by atoms with Gasteiger partial charge in [-0.2, -0.15) is 0 Å². The van der Waals surface area contributed by atoms with Crippen LogP contribution in [0.4, 0.5) is 4.39 Å². The van der Waals surface area contributed by atoms with Crippen LogP contribution in [0, 0.1) is 5.82 Å². The number of carbonyl (C=O) groups is 1. The number of halogens is 1. The predicted octanol–water partition coefficient (Wildman–Crippen LogP) is 4.04. The number of hydrogen-bond acceptors (Lipinski definition) is 3. The lowest BCUT2D eigenvalue weighted by Gasteiger charge is -2.26. The molecule has 0 atom stereocenters.